The summed E-state index contributed by atoms with van der Waals surface area (Å²) in [7, 11) is 1.60. The highest BCUT2D eigenvalue weighted by atomic mass is 16.5. The van der Waals surface area contributed by atoms with E-state index in [1.165, 1.54) is 6.92 Å². The highest BCUT2D eigenvalue weighted by Gasteiger charge is 2.42. The van der Waals surface area contributed by atoms with Gasteiger partial charge in [0.05, 0.1) is 6.61 Å². The summed E-state index contributed by atoms with van der Waals surface area (Å²) >= 11 is 0. The molecule has 6 nitrogen and oxygen atoms in total. The molecule has 0 saturated carbocycles. The van der Waals surface area contributed by atoms with Gasteiger partial charge in [0.1, 0.15) is 0 Å². The maximum absolute atomic E-state index is 11.6. The van der Waals surface area contributed by atoms with Crippen LogP contribution in [0.25, 0.3) is 0 Å². The van der Waals surface area contributed by atoms with Crippen molar-refractivity contribution in [1.82, 2.24) is 0 Å². The van der Waals surface area contributed by atoms with Crippen LogP contribution in [0.2, 0.25) is 0 Å². The summed E-state index contributed by atoms with van der Waals surface area (Å²) < 4.78 is 14.9. The molecule has 0 amide bonds. The zero-order valence-corrected chi connectivity index (χ0v) is 11.2. The Morgan fingerprint density at radius 2 is 1.89 bits per heavy atom. The van der Waals surface area contributed by atoms with Gasteiger partial charge in [-0.05, 0) is 26.7 Å². The molecule has 18 heavy (non-hydrogen) atoms. The Bertz CT molecular complexity index is 265. The Kier molecular flexibility index (Phi) is 8.32. The molecule has 0 aliphatic heterocycles. The Morgan fingerprint density at radius 1 is 1.22 bits per heavy atom. The molecule has 6 heteroatoms. The molecule has 0 aliphatic rings. The largest absolute Gasteiger partial charge is 0.480 e. The molecule has 1 unspecified atom stereocenters. The molecule has 0 aromatic rings. The molecule has 0 radical (unpaired) electrons. The van der Waals surface area contributed by atoms with Gasteiger partial charge in [-0.1, -0.05) is 0 Å². The summed E-state index contributed by atoms with van der Waals surface area (Å²) in [6.07, 6.45) is 0.827. The molecule has 0 aromatic heterocycles. The number of carbonyl (C=O) groups is 2. The molecule has 0 aliphatic carbocycles. The second-order valence-corrected chi connectivity index (χ2v) is 4.07. The smallest absolute Gasteiger partial charge is 0.323 e. The highest BCUT2D eigenvalue weighted by Crippen LogP contribution is 2.24. The summed E-state index contributed by atoms with van der Waals surface area (Å²) in [4.78, 5) is 22.7. The van der Waals surface area contributed by atoms with Crippen LogP contribution in [0.5, 0.6) is 0 Å². The first-order valence-electron chi connectivity index (χ1n) is 5.96. The van der Waals surface area contributed by atoms with E-state index in [1.54, 1.807) is 14.0 Å². The van der Waals surface area contributed by atoms with Crippen molar-refractivity contribution in [3.05, 3.63) is 0 Å². The predicted octanol–water partition coefficient (Wildman–Crippen LogP) is 1.08. The molecular formula is C12H22O6. The van der Waals surface area contributed by atoms with Crippen LogP contribution in [-0.2, 0) is 23.8 Å². The van der Waals surface area contributed by atoms with E-state index in [4.69, 9.17) is 19.3 Å². The van der Waals surface area contributed by atoms with Gasteiger partial charge in [-0.3, -0.25) is 9.59 Å². The van der Waals surface area contributed by atoms with E-state index in [1.807, 2.05) is 0 Å². The van der Waals surface area contributed by atoms with E-state index >= 15 is 0 Å². The maximum atomic E-state index is 11.6. The fourth-order valence-electron chi connectivity index (χ4n) is 1.27. The molecular weight excluding hydrogens is 240 g/mol. The minimum atomic E-state index is -1.54. The maximum Gasteiger partial charge on any atom is 0.323 e. The Morgan fingerprint density at radius 3 is 2.39 bits per heavy atom. The van der Waals surface area contributed by atoms with Crippen molar-refractivity contribution in [1.29, 1.82) is 0 Å². The van der Waals surface area contributed by atoms with E-state index in [-0.39, 0.29) is 19.6 Å². The van der Waals surface area contributed by atoms with Crippen LogP contribution in [0.15, 0.2) is 0 Å². The Hall–Kier alpha value is -1.14. The number of carboxylic acids is 1. The van der Waals surface area contributed by atoms with Crippen molar-refractivity contribution >= 4 is 11.9 Å². The molecule has 0 rings (SSSR count). The number of carbonyl (C=O) groups excluding carboxylic acids is 1. The second-order valence-electron chi connectivity index (χ2n) is 4.07. The first-order chi connectivity index (χ1) is 8.49. The van der Waals surface area contributed by atoms with E-state index in [9.17, 15) is 9.59 Å². The molecule has 0 spiro atoms. The number of ether oxygens (including phenoxy) is 3. The van der Waals surface area contributed by atoms with Gasteiger partial charge in [-0.25, -0.2) is 0 Å². The van der Waals surface area contributed by atoms with Crippen LogP contribution >= 0.6 is 0 Å². The average molecular weight is 262 g/mol. The Balaban J connectivity index is 4.12. The van der Waals surface area contributed by atoms with Crippen molar-refractivity contribution in [2.75, 3.05) is 33.5 Å². The van der Waals surface area contributed by atoms with Crippen molar-refractivity contribution < 1.29 is 28.9 Å². The number of hydrogen-bond acceptors (Lipinski definition) is 5. The van der Waals surface area contributed by atoms with Crippen molar-refractivity contribution in [3.8, 4) is 0 Å². The second kappa shape index (κ2) is 8.88. The van der Waals surface area contributed by atoms with E-state index in [0.717, 1.165) is 6.42 Å². The monoisotopic (exact) mass is 262 g/mol. The first-order valence-corrected chi connectivity index (χ1v) is 5.96. The minimum absolute atomic E-state index is 0.0914. The molecule has 1 atom stereocenters. The minimum Gasteiger partial charge on any atom is -0.480 e. The van der Waals surface area contributed by atoms with Crippen LogP contribution in [-0.4, -0.2) is 50.6 Å². The fourth-order valence-corrected chi connectivity index (χ4v) is 1.27. The predicted molar refractivity (Wildman–Crippen MR) is 64.3 cm³/mol. The van der Waals surface area contributed by atoms with Gasteiger partial charge in [-0.15, -0.1) is 0 Å². The van der Waals surface area contributed by atoms with Gasteiger partial charge in [0.25, 0.3) is 0 Å². The number of esters is 1. The van der Waals surface area contributed by atoms with Gasteiger partial charge in [0.15, 0.2) is 5.41 Å². The molecule has 0 saturated heterocycles. The molecule has 0 aromatic carbocycles. The molecule has 0 fully saturated rings. The summed E-state index contributed by atoms with van der Waals surface area (Å²) in [5.74, 6) is -1.92. The van der Waals surface area contributed by atoms with Crippen LogP contribution in [0.4, 0.5) is 0 Å². The van der Waals surface area contributed by atoms with Gasteiger partial charge in [-0.2, -0.15) is 0 Å². The van der Waals surface area contributed by atoms with Gasteiger partial charge >= 0.3 is 11.9 Å². The van der Waals surface area contributed by atoms with Crippen LogP contribution in [0, 0.1) is 5.41 Å². The summed E-state index contributed by atoms with van der Waals surface area (Å²) in [6, 6.07) is 0. The van der Waals surface area contributed by atoms with Crippen LogP contribution in [0.3, 0.4) is 0 Å². The molecule has 106 valence electrons. The lowest BCUT2D eigenvalue weighted by molar-refractivity contribution is -0.168. The number of hydrogen-bond donors (Lipinski definition) is 1. The van der Waals surface area contributed by atoms with Crippen LogP contribution in [0.1, 0.15) is 26.7 Å². The van der Waals surface area contributed by atoms with Crippen molar-refractivity contribution in [2.24, 2.45) is 5.41 Å². The van der Waals surface area contributed by atoms with E-state index in [0.29, 0.717) is 13.2 Å². The number of carboxylic acid groups (broad SMARTS) is 1. The standard InChI is InChI=1S/C12H22O6/c1-4-18-11(15)12(2,10(13)14)6-9-17-8-5-7-16-3/h4-9H2,1-3H3,(H,13,14). The van der Waals surface area contributed by atoms with Crippen molar-refractivity contribution in [2.45, 2.75) is 26.7 Å². The fraction of sp³-hybridized carbons (Fsp3) is 0.833. The van der Waals surface area contributed by atoms with Crippen molar-refractivity contribution in [3.63, 3.8) is 0 Å². The lowest BCUT2D eigenvalue weighted by Gasteiger charge is -2.22. The van der Waals surface area contributed by atoms with Crippen LogP contribution < -0.4 is 0 Å². The SMILES string of the molecule is CCOC(=O)C(C)(CCOCCCOC)C(=O)O. The summed E-state index contributed by atoms with van der Waals surface area (Å²) in [5, 5.41) is 9.09. The van der Waals surface area contributed by atoms with Gasteiger partial charge < -0.3 is 19.3 Å². The average Bonchev–Trinajstić information content (AvgIpc) is 2.33. The topological polar surface area (TPSA) is 82.1 Å². The number of methoxy groups -OCH3 is 1. The molecule has 0 bridgehead atoms. The normalized spacial score (nSPS) is 13.9. The third-order valence-electron chi connectivity index (χ3n) is 2.58. The molecule has 1 N–H and O–H groups in total. The summed E-state index contributed by atoms with van der Waals surface area (Å²) in [5.41, 5.74) is -1.54. The quantitative estimate of drug-likeness (QED) is 0.360. The molecule has 0 heterocycles. The van der Waals surface area contributed by atoms with E-state index in [2.05, 4.69) is 0 Å². The van der Waals surface area contributed by atoms with Gasteiger partial charge in [0, 0.05) is 26.9 Å². The number of aliphatic carboxylic acids is 1. The third-order valence-corrected chi connectivity index (χ3v) is 2.58. The van der Waals surface area contributed by atoms with Gasteiger partial charge in [0.2, 0.25) is 0 Å². The lowest BCUT2D eigenvalue weighted by atomic mass is 9.87. The first kappa shape index (κ1) is 16.9. The third kappa shape index (κ3) is 5.46. The highest BCUT2D eigenvalue weighted by molar-refractivity contribution is 5.98. The zero-order valence-electron chi connectivity index (χ0n) is 11.2. The summed E-state index contributed by atoms with van der Waals surface area (Å²) in [6.45, 7) is 4.43. The zero-order chi connectivity index (χ0) is 14.0. The number of rotatable bonds is 10. The Labute approximate surface area is 107 Å². The lowest BCUT2D eigenvalue weighted by Crippen LogP contribution is -2.39. The van der Waals surface area contributed by atoms with E-state index < -0.39 is 17.4 Å².